The summed E-state index contributed by atoms with van der Waals surface area (Å²) in [5, 5.41) is 0. The summed E-state index contributed by atoms with van der Waals surface area (Å²) in [5.74, 6) is 0.945. The maximum atomic E-state index is 5.26. The molecule has 20 heavy (non-hydrogen) atoms. The summed E-state index contributed by atoms with van der Waals surface area (Å²) in [6.07, 6.45) is 4.51. The quantitative estimate of drug-likeness (QED) is 0.623. The van der Waals surface area contributed by atoms with E-state index in [1.807, 2.05) is 6.07 Å². The van der Waals surface area contributed by atoms with Gasteiger partial charge in [-0.1, -0.05) is 41.3 Å². The van der Waals surface area contributed by atoms with E-state index in [0.29, 0.717) is 0 Å². The fourth-order valence-corrected chi connectivity index (χ4v) is 2.47. The molecule has 0 heterocycles. The van der Waals surface area contributed by atoms with Crippen LogP contribution in [0.15, 0.2) is 36.4 Å². The molecule has 0 fully saturated rings. The molecule has 0 aliphatic heterocycles. The summed E-state index contributed by atoms with van der Waals surface area (Å²) in [7, 11) is 7.96. The maximum Gasteiger partial charge on any atom is 0.119 e. The molecule has 0 spiro atoms. The summed E-state index contributed by atoms with van der Waals surface area (Å²) in [4.78, 5) is 1.42. The Morgan fingerprint density at radius 3 is 2.55 bits per heavy atom. The van der Waals surface area contributed by atoms with Crippen LogP contribution in [-0.2, 0) is 6.42 Å². The molecule has 0 atom stereocenters. The monoisotopic (exact) mass is 386 g/mol. The lowest BCUT2D eigenvalue weighted by molar-refractivity contribution is -0.836. The number of alkyl halides is 1. The van der Waals surface area contributed by atoms with Crippen LogP contribution in [0.3, 0.4) is 0 Å². The molecule has 0 saturated heterocycles. The molecule has 2 nitrogen and oxygen atoms in total. The largest absolute Gasteiger partial charge is 0.497 e. The van der Waals surface area contributed by atoms with Crippen LogP contribution in [0.1, 0.15) is 17.5 Å². The summed E-state index contributed by atoms with van der Waals surface area (Å²) >= 11 is 2.36. The van der Waals surface area contributed by atoms with Crippen molar-refractivity contribution in [1.82, 2.24) is 0 Å². The van der Waals surface area contributed by atoms with Crippen LogP contribution in [0.4, 0.5) is 0 Å². The van der Waals surface area contributed by atoms with Gasteiger partial charge in [-0.2, -0.15) is 0 Å². The number of aryl methyl sites for hydroxylation is 1. The van der Waals surface area contributed by atoms with E-state index >= 15 is 0 Å². The Morgan fingerprint density at radius 1 is 1.35 bits per heavy atom. The number of benzene rings is 1. The minimum Gasteiger partial charge on any atom is -0.497 e. The van der Waals surface area contributed by atoms with E-state index in [1.54, 1.807) is 7.11 Å². The summed E-state index contributed by atoms with van der Waals surface area (Å²) in [6.45, 7) is 4.13. The SMILES string of the molecule is C=C(CI)C1=CCCc2cc(OC)ccc21.C[NH+](C)C. The van der Waals surface area contributed by atoms with Gasteiger partial charge in [-0.15, -0.1) is 0 Å². The highest BCUT2D eigenvalue weighted by atomic mass is 127. The van der Waals surface area contributed by atoms with Crippen molar-refractivity contribution in [1.29, 1.82) is 0 Å². The Morgan fingerprint density at radius 2 is 2.00 bits per heavy atom. The molecule has 2 rings (SSSR count). The first-order valence-electron chi connectivity index (χ1n) is 6.88. The topological polar surface area (TPSA) is 13.7 Å². The lowest BCUT2D eigenvalue weighted by atomic mass is 9.87. The molecule has 0 unspecified atom stereocenters. The predicted octanol–water partition coefficient (Wildman–Crippen LogP) is 2.78. The van der Waals surface area contributed by atoms with Crippen LogP contribution in [0.2, 0.25) is 0 Å². The number of allylic oxidation sites excluding steroid dienone is 3. The van der Waals surface area contributed by atoms with Crippen LogP contribution < -0.4 is 9.64 Å². The number of methoxy groups -OCH3 is 1. The molecule has 0 aromatic heterocycles. The summed E-state index contributed by atoms with van der Waals surface area (Å²) in [5.41, 5.74) is 5.24. The van der Waals surface area contributed by atoms with Crippen molar-refractivity contribution in [3.8, 4) is 5.75 Å². The smallest absolute Gasteiger partial charge is 0.119 e. The molecular weight excluding hydrogens is 361 g/mol. The number of rotatable bonds is 3. The minimum absolute atomic E-state index is 0.945. The molecule has 110 valence electrons. The van der Waals surface area contributed by atoms with Crippen molar-refractivity contribution in [2.24, 2.45) is 0 Å². The van der Waals surface area contributed by atoms with E-state index in [4.69, 9.17) is 4.74 Å². The zero-order valence-corrected chi connectivity index (χ0v) is 15.1. The van der Waals surface area contributed by atoms with Crippen molar-refractivity contribution >= 4 is 28.2 Å². The molecule has 1 aromatic rings. The summed E-state index contributed by atoms with van der Waals surface area (Å²) in [6, 6.07) is 6.32. The second-order valence-electron chi connectivity index (χ2n) is 5.42. The van der Waals surface area contributed by atoms with Gasteiger partial charge in [0, 0.05) is 4.43 Å². The van der Waals surface area contributed by atoms with Gasteiger partial charge in [-0.05, 0) is 47.2 Å². The minimum atomic E-state index is 0.945. The first-order chi connectivity index (χ1) is 9.49. The van der Waals surface area contributed by atoms with Crippen LogP contribution in [0.5, 0.6) is 5.75 Å². The highest BCUT2D eigenvalue weighted by molar-refractivity contribution is 14.1. The number of hydrogen-bond donors (Lipinski definition) is 1. The molecule has 1 aliphatic rings. The Hall–Kier alpha value is -0.810. The van der Waals surface area contributed by atoms with Crippen LogP contribution in [0, 0.1) is 0 Å². The van der Waals surface area contributed by atoms with E-state index in [9.17, 15) is 0 Å². The molecule has 1 aromatic carbocycles. The number of halogens is 1. The second-order valence-corrected chi connectivity index (χ2v) is 6.18. The predicted molar refractivity (Wildman–Crippen MR) is 96.1 cm³/mol. The molecule has 1 N–H and O–H groups in total. The maximum absolute atomic E-state index is 5.26. The van der Waals surface area contributed by atoms with Crippen molar-refractivity contribution < 1.29 is 9.64 Å². The number of nitrogens with one attached hydrogen (secondary N) is 1. The van der Waals surface area contributed by atoms with Crippen molar-refractivity contribution in [2.45, 2.75) is 12.8 Å². The highest BCUT2D eigenvalue weighted by Gasteiger charge is 2.14. The fourth-order valence-electron chi connectivity index (χ4n) is 2.06. The number of quaternary nitrogens is 1. The van der Waals surface area contributed by atoms with E-state index in [0.717, 1.165) is 23.0 Å². The van der Waals surface area contributed by atoms with E-state index in [2.05, 4.69) is 68.5 Å². The number of fused-ring (bicyclic) bond motifs is 1. The Kier molecular flexibility index (Phi) is 7.30. The van der Waals surface area contributed by atoms with Crippen molar-refractivity contribution in [2.75, 3.05) is 32.7 Å². The van der Waals surface area contributed by atoms with Crippen molar-refractivity contribution in [3.63, 3.8) is 0 Å². The third-order valence-electron chi connectivity index (χ3n) is 2.91. The van der Waals surface area contributed by atoms with Gasteiger partial charge in [0.05, 0.1) is 28.3 Å². The third kappa shape index (κ3) is 4.94. The first kappa shape index (κ1) is 17.2. The molecule has 0 amide bonds. The van der Waals surface area contributed by atoms with Gasteiger partial charge in [0.2, 0.25) is 0 Å². The molecule has 0 bridgehead atoms. The van der Waals surface area contributed by atoms with Gasteiger partial charge in [-0.3, -0.25) is 0 Å². The van der Waals surface area contributed by atoms with Gasteiger partial charge >= 0.3 is 0 Å². The standard InChI is InChI=1S/C14H15IO.C3H9N/c1-10(9-15)13-5-3-4-11-8-12(16-2)6-7-14(11)13;1-4(2)3/h5-8H,1,3-4,9H2,2H3;1-3H3/p+1. The average molecular weight is 386 g/mol. The van der Waals surface area contributed by atoms with Gasteiger partial charge in [-0.25, -0.2) is 0 Å². The number of hydrogen-bond acceptors (Lipinski definition) is 1. The van der Waals surface area contributed by atoms with E-state index in [-0.39, 0.29) is 0 Å². The van der Waals surface area contributed by atoms with E-state index < -0.39 is 0 Å². The summed E-state index contributed by atoms with van der Waals surface area (Å²) < 4.78 is 6.24. The van der Waals surface area contributed by atoms with Gasteiger partial charge in [0.15, 0.2) is 0 Å². The normalized spacial score (nSPS) is 13.0. The lowest BCUT2D eigenvalue weighted by Gasteiger charge is -2.19. The highest BCUT2D eigenvalue weighted by Crippen LogP contribution is 2.33. The van der Waals surface area contributed by atoms with Crippen LogP contribution >= 0.6 is 22.6 Å². The Balaban J connectivity index is 0.000000444. The van der Waals surface area contributed by atoms with Gasteiger partial charge in [0.25, 0.3) is 0 Å². The Bertz CT molecular complexity index is 489. The van der Waals surface area contributed by atoms with Gasteiger partial charge < -0.3 is 9.64 Å². The molecule has 1 aliphatic carbocycles. The lowest BCUT2D eigenvalue weighted by Crippen LogP contribution is -3.02. The van der Waals surface area contributed by atoms with Crippen LogP contribution in [0.25, 0.3) is 5.57 Å². The zero-order valence-electron chi connectivity index (χ0n) is 12.9. The molecule has 0 radical (unpaired) electrons. The van der Waals surface area contributed by atoms with E-state index in [1.165, 1.54) is 27.2 Å². The fraction of sp³-hybridized carbons (Fsp3) is 0.412. The molecule has 0 saturated carbocycles. The number of ether oxygens (including phenoxy) is 1. The molecular formula is C17H25INO+. The van der Waals surface area contributed by atoms with Gasteiger partial charge in [0.1, 0.15) is 5.75 Å². The Labute approximate surface area is 136 Å². The van der Waals surface area contributed by atoms with Crippen molar-refractivity contribution in [3.05, 3.63) is 47.6 Å². The second kappa shape index (κ2) is 8.47. The third-order valence-corrected chi connectivity index (χ3v) is 3.83. The first-order valence-corrected chi connectivity index (χ1v) is 8.40. The van der Waals surface area contributed by atoms with Crippen LogP contribution in [-0.4, -0.2) is 32.7 Å². The zero-order chi connectivity index (χ0) is 15.1. The average Bonchev–Trinajstić information content (AvgIpc) is 2.44. The molecule has 3 heteroatoms.